The molecule has 0 unspecified atom stereocenters. The minimum atomic E-state index is -0.203. The highest BCUT2D eigenvalue weighted by atomic mass is 16.3. The van der Waals surface area contributed by atoms with Crippen molar-refractivity contribution in [2.75, 3.05) is 0 Å². The third-order valence-electron chi connectivity index (χ3n) is 7.74. The molecule has 0 bridgehead atoms. The molecule has 0 amide bonds. The Kier molecular flexibility index (Phi) is 3.01. The second-order valence-electron chi connectivity index (χ2n) is 8.58. The van der Waals surface area contributed by atoms with Crippen molar-refractivity contribution < 1.29 is 14.7 Å². The van der Waals surface area contributed by atoms with Crippen LogP contribution in [0.3, 0.4) is 0 Å². The zero-order valence-electron chi connectivity index (χ0n) is 13.6. The van der Waals surface area contributed by atoms with E-state index in [2.05, 4.69) is 13.8 Å². The fraction of sp³-hybridized carbons (Fsp3) is 0.789. The lowest BCUT2D eigenvalue weighted by molar-refractivity contribution is -0.132. The van der Waals surface area contributed by atoms with Crippen LogP contribution < -0.4 is 0 Å². The molecule has 0 aromatic carbocycles. The number of fused-ring (bicyclic) bond motifs is 5. The van der Waals surface area contributed by atoms with Crippen LogP contribution in [0.5, 0.6) is 0 Å². The first-order chi connectivity index (χ1) is 10.4. The Hall–Kier alpha value is -0.960. The van der Waals surface area contributed by atoms with Crippen LogP contribution in [0.2, 0.25) is 0 Å². The molecule has 4 aliphatic carbocycles. The molecule has 1 N–H and O–H groups in total. The largest absolute Gasteiger partial charge is 0.393 e. The maximum Gasteiger partial charge on any atom is 0.159 e. The SMILES string of the molecule is C[C@@]12CC[C@H]3[C@@H](CC(=O)C4=CC(=O)CC[C@@]43C)[C@@H]1CC[C@@H]2O. The van der Waals surface area contributed by atoms with Crippen molar-refractivity contribution in [3.05, 3.63) is 11.6 Å². The number of hydrogen-bond donors (Lipinski definition) is 1. The first-order valence-electron chi connectivity index (χ1n) is 8.82. The maximum atomic E-state index is 12.7. The Balaban J connectivity index is 1.75. The summed E-state index contributed by atoms with van der Waals surface area (Å²) in [5, 5.41) is 10.4. The van der Waals surface area contributed by atoms with Gasteiger partial charge in [0.1, 0.15) is 0 Å². The summed E-state index contributed by atoms with van der Waals surface area (Å²) in [5.74, 6) is 1.70. The van der Waals surface area contributed by atoms with Crippen molar-refractivity contribution >= 4 is 11.6 Å². The van der Waals surface area contributed by atoms with E-state index in [0.717, 1.165) is 37.7 Å². The smallest absolute Gasteiger partial charge is 0.159 e. The molecule has 6 atom stereocenters. The molecule has 0 spiro atoms. The number of Topliss-reactive ketones (excluding diaryl/α,β-unsaturated/α-hetero) is 1. The van der Waals surface area contributed by atoms with Crippen molar-refractivity contribution in [2.24, 2.45) is 28.6 Å². The van der Waals surface area contributed by atoms with Gasteiger partial charge in [0.2, 0.25) is 0 Å². The highest BCUT2D eigenvalue weighted by molar-refractivity contribution is 6.05. The number of aliphatic hydroxyl groups is 1. The van der Waals surface area contributed by atoms with Gasteiger partial charge in [0.15, 0.2) is 11.6 Å². The van der Waals surface area contributed by atoms with Gasteiger partial charge in [-0.15, -0.1) is 0 Å². The highest BCUT2D eigenvalue weighted by Gasteiger charge is 2.60. The Morgan fingerprint density at radius 3 is 2.64 bits per heavy atom. The summed E-state index contributed by atoms with van der Waals surface area (Å²) in [4.78, 5) is 24.5. The summed E-state index contributed by atoms with van der Waals surface area (Å²) >= 11 is 0. The molecule has 0 saturated heterocycles. The van der Waals surface area contributed by atoms with Crippen molar-refractivity contribution in [1.29, 1.82) is 0 Å². The summed E-state index contributed by atoms with van der Waals surface area (Å²) in [6.07, 6.45) is 7.54. The van der Waals surface area contributed by atoms with Crippen LogP contribution in [-0.2, 0) is 9.59 Å². The minimum Gasteiger partial charge on any atom is -0.393 e. The van der Waals surface area contributed by atoms with Gasteiger partial charge >= 0.3 is 0 Å². The third kappa shape index (κ3) is 1.72. The van der Waals surface area contributed by atoms with Gasteiger partial charge in [-0.2, -0.15) is 0 Å². The second-order valence-corrected chi connectivity index (χ2v) is 8.58. The number of carbonyl (C=O) groups is 2. The lowest BCUT2D eigenvalue weighted by Crippen LogP contribution is -2.53. The lowest BCUT2D eigenvalue weighted by atomic mass is 9.47. The number of hydrogen-bond acceptors (Lipinski definition) is 3. The van der Waals surface area contributed by atoms with Crippen LogP contribution in [0.4, 0.5) is 0 Å². The maximum absolute atomic E-state index is 12.7. The van der Waals surface area contributed by atoms with E-state index in [1.165, 1.54) is 0 Å². The summed E-state index contributed by atoms with van der Waals surface area (Å²) in [5.41, 5.74) is 0.707. The first-order valence-corrected chi connectivity index (χ1v) is 8.82. The lowest BCUT2D eigenvalue weighted by Gasteiger charge is -2.56. The molecule has 3 saturated carbocycles. The zero-order chi connectivity index (χ0) is 15.7. The van der Waals surface area contributed by atoms with Gasteiger partial charge in [0.25, 0.3) is 0 Å². The molecular formula is C19H26O3. The van der Waals surface area contributed by atoms with Gasteiger partial charge in [0.05, 0.1) is 6.10 Å². The summed E-state index contributed by atoms with van der Waals surface area (Å²) in [6.45, 7) is 4.45. The quantitative estimate of drug-likeness (QED) is 0.748. The molecule has 120 valence electrons. The van der Waals surface area contributed by atoms with Gasteiger partial charge in [-0.3, -0.25) is 9.59 Å². The van der Waals surface area contributed by atoms with Gasteiger partial charge in [-0.05, 0) is 66.8 Å². The van der Waals surface area contributed by atoms with Gasteiger partial charge < -0.3 is 5.11 Å². The molecule has 3 nitrogen and oxygen atoms in total. The molecule has 0 aromatic heterocycles. The number of rotatable bonds is 0. The van der Waals surface area contributed by atoms with E-state index in [1.54, 1.807) is 6.08 Å². The predicted molar refractivity (Wildman–Crippen MR) is 83.1 cm³/mol. The molecule has 4 rings (SSSR count). The van der Waals surface area contributed by atoms with Gasteiger partial charge in [-0.1, -0.05) is 13.8 Å². The van der Waals surface area contributed by atoms with E-state index < -0.39 is 0 Å². The molecule has 0 aliphatic heterocycles. The minimum absolute atomic E-state index is 0.00348. The van der Waals surface area contributed by atoms with E-state index >= 15 is 0 Å². The first kappa shape index (κ1) is 14.6. The van der Waals surface area contributed by atoms with E-state index in [-0.39, 0.29) is 28.5 Å². The van der Waals surface area contributed by atoms with Crippen LogP contribution in [0.25, 0.3) is 0 Å². The van der Waals surface area contributed by atoms with Crippen LogP contribution in [0.15, 0.2) is 11.6 Å². The number of ketones is 2. The Labute approximate surface area is 132 Å². The molecule has 0 heterocycles. The van der Waals surface area contributed by atoms with Crippen LogP contribution in [0, 0.1) is 28.6 Å². The van der Waals surface area contributed by atoms with Gasteiger partial charge in [-0.25, -0.2) is 0 Å². The Morgan fingerprint density at radius 2 is 1.86 bits per heavy atom. The fourth-order valence-electron chi connectivity index (χ4n) is 6.36. The van der Waals surface area contributed by atoms with Crippen LogP contribution in [0.1, 0.15) is 58.8 Å². The predicted octanol–water partition coefficient (Wildman–Crippen LogP) is 3.06. The van der Waals surface area contributed by atoms with Crippen molar-refractivity contribution in [3.8, 4) is 0 Å². The molecule has 0 aromatic rings. The topological polar surface area (TPSA) is 54.4 Å². The Bertz CT molecular complexity index is 577. The average Bonchev–Trinajstić information content (AvgIpc) is 2.77. The van der Waals surface area contributed by atoms with E-state index in [1.807, 2.05) is 0 Å². The molecule has 22 heavy (non-hydrogen) atoms. The van der Waals surface area contributed by atoms with Gasteiger partial charge in [0, 0.05) is 18.4 Å². The highest BCUT2D eigenvalue weighted by Crippen LogP contribution is 2.64. The molecule has 4 aliphatic rings. The third-order valence-corrected chi connectivity index (χ3v) is 7.74. The molecule has 3 heteroatoms. The van der Waals surface area contributed by atoms with E-state index in [9.17, 15) is 14.7 Å². The molecule has 3 fully saturated rings. The zero-order valence-corrected chi connectivity index (χ0v) is 13.6. The fourth-order valence-corrected chi connectivity index (χ4v) is 6.36. The van der Waals surface area contributed by atoms with Crippen LogP contribution >= 0.6 is 0 Å². The van der Waals surface area contributed by atoms with E-state index in [0.29, 0.717) is 30.6 Å². The normalized spacial score (nSPS) is 51.0. The standard InChI is InChI=1S/C19H26O3/c1-18-7-5-11(20)9-15(18)16(21)10-12-13-3-4-17(22)19(13,2)8-6-14(12)18/h9,12-14,17,22H,3-8,10H2,1-2H3/t12-,13-,14-,17-,18+,19+/m0/s1. The van der Waals surface area contributed by atoms with Crippen molar-refractivity contribution in [2.45, 2.75) is 64.9 Å². The number of carbonyl (C=O) groups excluding carboxylic acids is 2. The molecular weight excluding hydrogens is 276 g/mol. The van der Waals surface area contributed by atoms with Crippen molar-refractivity contribution in [1.82, 2.24) is 0 Å². The number of aliphatic hydroxyl groups excluding tert-OH is 1. The number of allylic oxidation sites excluding steroid dienone is 1. The monoisotopic (exact) mass is 302 g/mol. The molecule has 0 radical (unpaired) electrons. The average molecular weight is 302 g/mol. The summed E-state index contributed by atoms with van der Waals surface area (Å²) in [6, 6.07) is 0. The van der Waals surface area contributed by atoms with Crippen LogP contribution in [-0.4, -0.2) is 22.8 Å². The van der Waals surface area contributed by atoms with E-state index in [4.69, 9.17) is 0 Å². The Morgan fingerprint density at radius 1 is 1.09 bits per heavy atom. The summed E-state index contributed by atoms with van der Waals surface area (Å²) < 4.78 is 0. The second kappa shape index (κ2) is 4.53. The van der Waals surface area contributed by atoms with Crippen molar-refractivity contribution in [3.63, 3.8) is 0 Å². The summed E-state index contributed by atoms with van der Waals surface area (Å²) in [7, 11) is 0.